The van der Waals surface area contributed by atoms with Gasteiger partial charge in [-0.05, 0) is 23.8 Å². The van der Waals surface area contributed by atoms with Crippen molar-refractivity contribution in [3.8, 4) is 22.9 Å². The molecule has 1 N–H and O–H groups in total. The highest BCUT2D eigenvalue weighted by molar-refractivity contribution is 5.74. The van der Waals surface area contributed by atoms with Gasteiger partial charge in [0.05, 0.1) is 20.8 Å². The summed E-state index contributed by atoms with van der Waals surface area (Å²) in [6, 6.07) is 14.9. The Morgan fingerprint density at radius 2 is 1.86 bits per heavy atom. The van der Waals surface area contributed by atoms with Crippen molar-refractivity contribution < 1.29 is 23.6 Å². The van der Waals surface area contributed by atoms with Gasteiger partial charge in [-0.15, -0.1) is 0 Å². The minimum Gasteiger partial charge on any atom is -0.493 e. The van der Waals surface area contributed by atoms with Gasteiger partial charge >= 0.3 is 0 Å². The zero-order valence-electron chi connectivity index (χ0n) is 15.7. The molecule has 0 aliphatic heterocycles. The van der Waals surface area contributed by atoms with Crippen LogP contribution in [0.5, 0.6) is 11.5 Å². The molecule has 0 unspecified atom stereocenters. The fourth-order valence-electron chi connectivity index (χ4n) is 2.49. The van der Waals surface area contributed by atoms with Crippen LogP contribution in [0.3, 0.4) is 0 Å². The monoisotopic (exact) mass is 383 g/mol. The summed E-state index contributed by atoms with van der Waals surface area (Å²) < 4.78 is 15.7. The summed E-state index contributed by atoms with van der Waals surface area (Å²) in [7, 11) is 3.13. The van der Waals surface area contributed by atoms with Gasteiger partial charge < -0.3 is 14.0 Å². The molecule has 8 nitrogen and oxygen atoms in total. The first-order chi connectivity index (χ1) is 13.7. The third-order valence-electron chi connectivity index (χ3n) is 3.94. The highest BCUT2D eigenvalue weighted by Crippen LogP contribution is 2.31. The smallest absolute Gasteiger partial charge is 0.244 e. The second-order valence-corrected chi connectivity index (χ2v) is 5.88. The molecule has 0 aliphatic rings. The van der Waals surface area contributed by atoms with E-state index in [4.69, 9.17) is 18.8 Å². The molecule has 146 valence electrons. The van der Waals surface area contributed by atoms with Gasteiger partial charge in [0.25, 0.3) is 0 Å². The van der Waals surface area contributed by atoms with Crippen molar-refractivity contribution in [3.05, 3.63) is 60.0 Å². The SMILES string of the molecule is COc1ccc(-c2noc(CCC(=O)NOCc3ccccc3)n2)cc1OC. The Balaban J connectivity index is 1.50. The number of nitrogens with zero attached hydrogens (tertiary/aromatic N) is 2. The number of aryl methyl sites for hydroxylation is 1. The molecule has 0 fully saturated rings. The Hall–Kier alpha value is -3.39. The molecule has 3 rings (SSSR count). The lowest BCUT2D eigenvalue weighted by Crippen LogP contribution is -2.23. The van der Waals surface area contributed by atoms with Crippen molar-refractivity contribution in [2.75, 3.05) is 14.2 Å². The molecule has 0 saturated heterocycles. The van der Waals surface area contributed by atoms with E-state index < -0.39 is 0 Å². The first-order valence-corrected chi connectivity index (χ1v) is 8.69. The van der Waals surface area contributed by atoms with Crippen LogP contribution in [0.4, 0.5) is 0 Å². The molecule has 0 bridgehead atoms. The average molecular weight is 383 g/mol. The van der Waals surface area contributed by atoms with Crippen molar-refractivity contribution in [3.63, 3.8) is 0 Å². The predicted molar refractivity (Wildman–Crippen MR) is 101 cm³/mol. The first kappa shape index (κ1) is 19.4. The number of amides is 1. The van der Waals surface area contributed by atoms with E-state index in [1.165, 1.54) is 0 Å². The number of hydrogen-bond acceptors (Lipinski definition) is 7. The van der Waals surface area contributed by atoms with Gasteiger partial charge in [0.15, 0.2) is 11.5 Å². The lowest BCUT2D eigenvalue weighted by atomic mass is 10.2. The van der Waals surface area contributed by atoms with Gasteiger partial charge in [-0.1, -0.05) is 35.5 Å². The molecule has 2 aromatic carbocycles. The van der Waals surface area contributed by atoms with Crippen LogP contribution >= 0.6 is 0 Å². The Labute approximate surface area is 162 Å². The molecule has 1 heterocycles. The van der Waals surface area contributed by atoms with E-state index in [0.717, 1.165) is 11.1 Å². The number of rotatable bonds is 9. The Bertz CT molecular complexity index is 911. The third kappa shape index (κ3) is 5.08. The molecule has 1 aromatic heterocycles. The van der Waals surface area contributed by atoms with Gasteiger partial charge in [-0.25, -0.2) is 5.48 Å². The van der Waals surface area contributed by atoms with Gasteiger partial charge in [0.2, 0.25) is 17.6 Å². The van der Waals surface area contributed by atoms with Crippen LogP contribution in [0.1, 0.15) is 17.9 Å². The molecule has 1 amide bonds. The number of carbonyl (C=O) groups excluding carboxylic acids is 1. The number of methoxy groups -OCH3 is 2. The van der Waals surface area contributed by atoms with E-state index in [0.29, 0.717) is 36.2 Å². The summed E-state index contributed by atoms with van der Waals surface area (Å²) in [4.78, 5) is 21.4. The Morgan fingerprint density at radius 1 is 1.07 bits per heavy atom. The van der Waals surface area contributed by atoms with Gasteiger partial charge in [-0.3, -0.25) is 9.63 Å². The van der Waals surface area contributed by atoms with Crippen molar-refractivity contribution >= 4 is 5.91 Å². The molecular weight excluding hydrogens is 362 g/mol. The fourth-order valence-corrected chi connectivity index (χ4v) is 2.49. The minimum absolute atomic E-state index is 0.169. The lowest BCUT2D eigenvalue weighted by Gasteiger charge is -2.07. The summed E-state index contributed by atoms with van der Waals surface area (Å²) in [5.41, 5.74) is 4.11. The van der Waals surface area contributed by atoms with Gasteiger partial charge in [0, 0.05) is 18.4 Å². The molecule has 0 atom stereocenters. The van der Waals surface area contributed by atoms with E-state index in [-0.39, 0.29) is 12.3 Å². The molecule has 0 aliphatic carbocycles. The van der Waals surface area contributed by atoms with Crippen LogP contribution in [0.2, 0.25) is 0 Å². The van der Waals surface area contributed by atoms with Crippen LogP contribution < -0.4 is 15.0 Å². The van der Waals surface area contributed by atoms with E-state index in [1.807, 2.05) is 30.3 Å². The standard InChI is InChI=1S/C20H21N3O5/c1-25-16-9-8-15(12-17(16)26-2)20-21-19(28-23-20)11-10-18(24)22-27-13-14-6-4-3-5-7-14/h3-9,12H,10-11,13H2,1-2H3,(H,22,24). The van der Waals surface area contributed by atoms with Crippen molar-refractivity contribution in [2.45, 2.75) is 19.4 Å². The fraction of sp³-hybridized carbons (Fsp3) is 0.250. The van der Waals surface area contributed by atoms with Gasteiger partial charge in [-0.2, -0.15) is 4.98 Å². The second kappa shape index (κ2) is 9.52. The summed E-state index contributed by atoms with van der Waals surface area (Å²) >= 11 is 0. The van der Waals surface area contributed by atoms with Crippen molar-refractivity contribution in [2.24, 2.45) is 0 Å². The first-order valence-electron chi connectivity index (χ1n) is 8.69. The second-order valence-electron chi connectivity index (χ2n) is 5.88. The van der Waals surface area contributed by atoms with E-state index in [2.05, 4.69) is 15.6 Å². The topological polar surface area (TPSA) is 95.7 Å². The highest BCUT2D eigenvalue weighted by atomic mass is 16.6. The summed E-state index contributed by atoms with van der Waals surface area (Å²) in [6.45, 7) is 0.302. The molecule has 28 heavy (non-hydrogen) atoms. The predicted octanol–water partition coefficient (Wildman–Crippen LogP) is 2.93. The number of nitrogens with one attached hydrogen (secondary N) is 1. The highest BCUT2D eigenvalue weighted by Gasteiger charge is 2.13. The normalized spacial score (nSPS) is 10.5. The number of hydroxylamine groups is 1. The van der Waals surface area contributed by atoms with Crippen LogP contribution in [0.15, 0.2) is 53.1 Å². The number of ether oxygens (including phenoxy) is 2. The third-order valence-corrected chi connectivity index (χ3v) is 3.94. The molecule has 8 heteroatoms. The van der Waals surface area contributed by atoms with E-state index in [9.17, 15) is 4.79 Å². The zero-order valence-corrected chi connectivity index (χ0v) is 15.7. The number of hydrogen-bond donors (Lipinski definition) is 1. The molecule has 0 spiro atoms. The molecule has 3 aromatic rings. The molecule has 0 radical (unpaired) electrons. The quantitative estimate of drug-likeness (QED) is 0.568. The van der Waals surface area contributed by atoms with Crippen molar-refractivity contribution in [1.82, 2.24) is 15.6 Å². The summed E-state index contributed by atoms with van der Waals surface area (Å²) in [5, 5.41) is 3.95. The number of aromatic nitrogens is 2. The number of benzene rings is 2. The Kier molecular flexibility index (Phi) is 6.59. The van der Waals surface area contributed by atoms with Gasteiger partial charge in [0.1, 0.15) is 0 Å². The largest absolute Gasteiger partial charge is 0.493 e. The molecule has 0 saturated carbocycles. The summed E-state index contributed by atoms with van der Waals surface area (Å²) in [6.07, 6.45) is 0.475. The maximum atomic E-state index is 11.9. The maximum absolute atomic E-state index is 11.9. The lowest BCUT2D eigenvalue weighted by molar-refractivity contribution is -0.134. The van der Waals surface area contributed by atoms with Crippen molar-refractivity contribution in [1.29, 1.82) is 0 Å². The number of carbonyl (C=O) groups is 1. The maximum Gasteiger partial charge on any atom is 0.244 e. The van der Waals surface area contributed by atoms with Crippen LogP contribution in [-0.4, -0.2) is 30.3 Å². The zero-order chi connectivity index (χ0) is 19.8. The Morgan fingerprint density at radius 3 is 2.61 bits per heavy atom. The van der Waals surface area contributed by atoms with E-state index >= 15 is 0 Å². The average Bonchev–Trinajstić information content (AvgIpc) is 3.21. The minimum atomic E-state index is -0.262. The van der Waals surface area contributed by atoms with Crippen LogP contribution in [-0.2, 0) is 22.7 Å². The summed E-state index contributed by atoms with van der Waals surface area (Å²) in [5.74, 6) is 1.70. The van der Waals surface area contributed by atoms with Crippen LogP contribution in [0.25, 0.3) is 11.4 Å². The van der Waals surface area contributed by atoms with E-state index in [1.54, 1.807) is 32.4 Å². The van der Waals surface area contributed by atoms with Crippen LogP contribution in [0, 0.1) is 0 Å². The molecular formula is C20H21N3O5.